The van der Waals surface area contributed by atoms with Gasteiger partial charge in [-0.1, -0.05) is 31.0 Å². The van der Waals surface area contributed by atoms with E-state index in [0.29, 0.717) is 0 Å². The maximum absolute atomic E-state index is 12.4. The molecular weight excluding hydrogens is 448 g/mol. The van der Waals surface area contributed by atoms with Crippen LogP contribution in [0.25, 0.3) is 22.2 Å². The van der Waals surface area contributed by atoms with Crippen LogP contribution >= 0.6 is 0 Å². The van der Waals surface area contributed by atoms with Gasteiger partial charge in [0.05, 0.1) is 17.2 Å². The smallest absolute Gasteiger partial charge is 0.227 e. The van der Waals surface area contributed by atoms with Crippen molar-refractivity contribution < 1.29 is 4.79 Å². The van der Waals surface area contributed by atoms with Gasteiger partial charge in [-0.15, -0.1) is 0 Å². The van der Waals surface area contributed by atoms with Gasteiger partial charge < -0.3 is 15.1 Å². The second kappa shape index (κ2) is 9.93. The van der Waals surface area contributed by atoms with E-state index >= 15 is 0 Å². The number of nitrogens with one attached hydrogen (secondary N) is 1. The maximum Gasteiger partial charge on any atom is 0.227 e. The van der Waals surface area contributed by atoms with Gasteiger partial charge in [-0.25, -0.2) is 4.98 Å². The van der Waals surface area contributed by atoms with Crippen LogP contribution in [0.2, 0.25) is 0 Å². The number of fused-ring (bicyclic) bond motifs is 1. The fourth-order valence-corrected chi connectivity index (χ4v) is 5.26. The molecule has 0 unspecified atom stereocenters. The minimum absolute atomic E-state index is 0.148. The quantitative estimate of drug-likeness (QED) is 0.428. The number of amides is 1. The van der Waals surface area contributed by atoms with Crippen LogP contribution in [0.1, 0.15) is 25.7 Å². The molecule has 1 aliphatic heterocycles. The first-order valence-corrected chi connectivity index (χ1v) is 12.8. The maximum atomic E-state index is 12.4. The van der Waals surface area contributed by atoms with Crippen molar-refractivity contribution in [2.75, 3.05) is 41.3 Å². The second-order valence-electron chi connectivity index (χ2n) is 9.66. The van der Waals surface area contributed by atoms with Crippen molar-refractivity contribution >= 4 is 34.1 Å². The zero-order valence-electron chi connectivity index (χ0n) is 20.3. The highest BCUT2D eigenvalue weighted by Crippen LogP contribution is 2.28. The summed E-state index contributed by atoms with van der Waals surface area (Å²) in [7, 11) is 0. The van der Waals surface area contributed by atoms with Gasteiger partial charge in [0.25, 0.3) is 0 Å². The van der Waals surface area contributed by atoms with Crippen LogP contribution in [0.4, 0.5) is 17.2 Å². The van der Waals surface area contributed by atoms with Gasteiger partial charge in [0.15, 0.2) is 0 Å². The van der Waals surface area contributed by atoms with Crippen LogP contribution in [0.15, 0.2) is 73.2 Å². The third kappa shape index (κ3) is 4.73. The number of hydrogen-bond acceptors (Lipinski definition) is 6. The Labute approximate surface area is 211 Å². The van der Waals surface area contributed by atoms with Gasteiger partial charge >= 0.3 is 0 Å². The summed E-state index contributed by atoms with van der Waals surface area (Å²) in [5.41, 5.74) is 6.02. The van der Waals surface area contributed by atoms with Gasteiger partial charge in [0.2, 0.25) is 5.91 Å². The summed E-state index contributed by atoms with van der Waals surface area (Å²) < 4.78 is 0. The minimum Gasteiger partial charge on any atom is -0.368 e. The van der Waals surface area contributed by atoms with E-state index in [2.05, 4.69) is 61.5 Å². The highest BCUT2D eigenvalue weighted by atomic mass is 16.1. The van der Waals surface area contributed by atoms with Gasteiger partial charge in [-0.3, -0.25) is 14.8 Å². The molecule has 2 aromatic heterocycles. The molecule has 36 heavy (non-hydrogen) atoms. The molecule has 1 amide bonds. The Bertz CT molecular complexity index is 1340. The molecule has 1 saturated carbocycles. The van der Waals surface area contributed by atoms with Gasteiger partial charge in [0, 0.05) is 55.9 Å². The molecule has 1 saturated heterocycles. The number of rotatable bonds is 5. The van der Waals surface area contributed by atoms with Crippen LogP contribution < -0.4 is 15.1 Å². The Morgan fingerprint density at radius 2 is 1.50 bits per heavy atom. The van der Waals surface area contributed by atoms with Gasteiger partial charge in [-0.2, -0.15) is 0 Å². The third-order valence-corrected chi connectivity index (χ3v) is 7.37. The van der Waals surface area contributed by atoms with Crippen molar-refractivity contribution in [2.24, 2.45) is 5.92 Å². The Kier molecular flexibility index (Phi) is 6.20. The highest BCUT2D eigenvalue weighted by Gasteiger charge is 2.22. The van der Waals surface area contributed by atoms with Gasteiger partial charge in [-0.05, 0) is 60.4 Å². The molecule has 1 aliphatic carbocycles. The molecule has 0 bridgehead atoms. The lowest BCUT2D eigenvalue weighted by Crippen LogP contribution is -2.46. The van der Waals surface area contributed by atoms with E-state index in [1.54, 1.807) is 0 Å². The average Bonchev–Trinajstić information content (AvgIpc) is 3.49. The molecule has 0 radical (unpaired) electrons. The number of carbonyl (C=O) groups excluding carboxylic acids is 1. The van der Waals surface area contributed by atoms with E-state index in [1.807, 2.05) is 36.8 Å². The normalized spacial score (nSPS) is 16.4. The zero-order chi connectivity index (χ0) is 24.3. The van der Waals surface area contributed by atoms with Gasteiger partial charge in [0.1, 0.15) is 5.82 Å². The van der Waals surface area contributed by atoms with Crippen molar-refractivity contribution in [3.63, 3.8) is 0 Å². The molecular formula is C29H30N6O. The summed E-state index contributed by atoms with van der Waals surface area (Å²) in [6, 6.07) is 18.4. The summed E-state index contributed by atoms with van der Waals surface area (Å²) >= 11 is 0. The van der Waals surface area contributed by atoms with Crippen molar-refractivity contribution in [3.05, 3.63) is 73.2 Å². The molecule has 7 nitrogen and oxygen atoms in total. The van der Waals surface area contributed by atoms with Crippen molar-refractivity contribution in [1.29, 1.82) is 0 Å². The molecule has 3 heterocycles. The number of benzene rings is 2. The Balaban J connectivity index is 1.15. The summed E-state index contributed by atoms with van der Waals surface area (Å²) in [5.74, 6) is 1.23. The fourth-order valence-electron chi connectivity index (χ4n) is 5.26. The lowest BCUT2D eigenvalue weighted by atomic mass is 10.0. The van der Waals surface area contributed by atoms with E-state index < -0.39 is 0 Å². The van der Waals surface area contributed by atoms with E-state index in [0.717, 1.165) is 85.5 Å². The topological polar surface area (TPSA) is 74.2 Å². The first kappa shape index (κ1) is 22.5. The minimum atomic E-state index is 0.148. The van der Waals surface area contributed by atoms with E-state index in [9.17, 15) is 4.79 Å². The number of aromatic nitrogens is 3. The first-order chi connectivity index (χ1) is 17.7. The predicted molar refractivity (Wildman–Crippen MR) is 144 cm³/mol. The largest absolute Gasteiger partial charge is 0.368 e. The Morgan fingerprint density at radius 3 is 2.25 bits per heavy atom. The summed E-state index contributed by atoms with van der Waals surface area (Å²) in [5, 5.41) is 3.08. The van der Waals surface area contributed by atoms with Crippen LogP contribution in [-0.4, -0.2) is 47.0 Å². The van der Waals surface area contributed by atoms with Crippen molar-refractivity contribution in [3.8, 4) is 11.1 Å². The van der Waals surface area contributed by atoms with Crippen LogP contribution in [0.3, 0.4) is 0 Å². The summed E-state index contributed by atoms with van der Waals surface area (Å²) in [6.45, 7) is 3.67. The molecule has 182 valence electrons. The monoisotopic (exact) mass is 478 g/mol. The van der Waals surface area contributed by atoms with Crippen molar-refractivity contribution in [2.45, 2.75) is 25.7 Å². The Hall–Kier alpha value is -4.00. The predicted octanol–water partition coefficient (Wildman–Crippen LogP) is 5.15. The van der Waals surface area contributed by atoms with E-state index in [4.69, 9.17) is 4.98 Å². The number of pyridine rings is 1. The zero-order valence-corrected chi connectivity index (χ0v) is 20.3. The molecule has 7 heteroatoms. The van der Waals surface area contributed by atoms with E-state index in [-0.39, 0.29) is 11.8 Å². The second-order valence-corrected chi connectivity index (χ2v) is 9.66. The SMILES string of the molecule is O=C(Nc1ccc(-c2ccc3ncc(N4CCN(c5ccncc5)CC4)nc3c2)cc1)C1CCCC1. The standard InChI is InChI=1S/C29H30N6O/c36-29(22-3-1-2-4-22)32-24-8-5-21(6-9-24)23-7-10-26-27(19-23)33-28(20-31-26)35-17-15-34(16-18-35)25-11-13-30-14-12-25/h5-14,19-20,22H,1-4,15-18H2,(H,32,36). The molecule has 1 N–H and O–H groups in total. The molecule has 0 spiro atoms. The third-order valence-electron chi connectivity index (χ3n) is 7.37. The van der Waals surface area contributed by atoms with Crippen LogP contribution in [0.5, 0.6) is 0 Å². The fraction of sp³-hybridized carbons (Fsp3) is 0.310. The van der Waals surface area contributed by atoms with Crippen LogP contribution in [0, 0.1) is 5.92 Å². The summed E-state index contributed by atoms with van der Waals surface area (Å²) in [6.07, 6.45) is 9.89. The lowest BCUT2D eigenvalue weighted by molar-refractivity contribution is -0.119. The number of carbonyl (C=O) groups is 1. The molecule has 4 aromatic rings. The molecule has 0 atom stereocenters. The lowest BCUT2D eigenvalue weighted by Gasteiger charge is -2.36. The number of piperazine rings is 1. The van der Waals surface area contributed by atoms with Crippen molar-refractivity contribution in [1.82, 2.24) is 15.0 Å². The number of hydrogen-bond donors (Lipinski definition) is 1. The number of nitrogens with zero attached hydrogens (tertiary/aromatic N) is 5. The van der Waals surface area contributed by atoms with E-state index in [1.165, 1.54) is 5.69 Å². The molecule has 2 aliphatic rings. The molecule has 2 aromatic carbocycles. The highest BCUT2D eigenvalue weighted by molar-refractivity contribution is 5.93. The first-order valence-electron chi connectivity index (χ1n) is 12.8. The molecule has 2 fully saturated rings. The Morgan fingerprint density at radius 1 is 0.806 bits per heavy atom. The van der Waals surface area contributed by atoms with Crippen LogP contribution in [-0.2, 0) is 4.79 Å². The summed E-state index contributed by atoms with van der Waals surface area (Å²) in [4.78, 5) is 30.9. The number of anilines is 3. The molecule has 6 rings (SSSR count). The average molecular weight is 479 g/mol.